The Morgan fingerprint density at radius 1 is 1.07 bits per heavy atom. The van der Waals surface area contributed by atoms with Crippen molar-refractivity contribution in [3.8, 4) is 11.5 Å². The number of rotatable bonds is 5. The van der Waals surface area contributed by atoms with E-state index in [0.717, 1.165) is 23.1 Å². The molecule has 0 aliphatic carbocycles. The summed E-state index contributed by atoms with van der Waals surface area (Å²) in [5.41, 5.74) is 4.19. The summed E-state index contributed by atoms with van der Waals surface area (Å²) in [6.45, 7) is 2.11. The molecular formula is C22H25ClO5. The number of aliphatic hydroxyl groups excluding tert-OH is 2. The number of ether oxygens (including phenoxy) is 3. The van der Waals surface area contributed by atoms with Crippen LogP contribution < -0.4 is 9.47 Å². The highest BCUT2D eigenvalue weighted by atomic mass is 35.5. The predicted molar refractivity (Wildman–Crippen MR) is 106 cm³/mol. The number of hydrogen-bond acceptors (Lipinski definition) is 5. The van der Waals surface area contributed by atoms with Crippen LogP contribution in [0, 0.1) is 0 Å². The molecular weight excluding hydrogens is 380 g/mol. The number of fused-ring (bicyclic) bond motifs is 1. The smallest absolute Gasteiger partial charge is 0.231 e. The lowest BCUT2D eigenvalue weighted by atomic mass is 9.92. The van der Waals surface area contributed by atoms with Crippen LogP contribution in [-0.2, 0) is 17.6 Å². The highest BCUT2D eigenvalue weighted by Gasteiger charge is 2.34. The summed E-state index contributed by atoms with van der Waals surface area (Å²) in [7, 11) is 0. The molecule has 2 aromatic carbocycles. The van der Waals surface area contributed by atoms with Crippen LogP contribution in [0.3, 0.4) is 0 Å². The van der Waals surface area contributed by atoms with Gasteiger partial charge in [-0.05, 0) is 35.6 Å². The molecule has 1 fully saturated rings. The Kier molecular flexibility index (Phi) is 5.78. The number of aryl methyl sites for hydroxylation is 1. The summed E-state index contributed by atoms with van der Waals surface area (Å²) in [4.78, 5) is 0. The molecule has 2 heterocycles. The quantitative estimate of drug-likeness (QED) is 0.793. The van der Waals surface area contributed by atoms with E-state index in [-0.39, 0.29) is 19.5 Å². The summed E-state index contributed by atoms with van der Waals surface area (Å²) >= 11 is 6.62. The minimum atomic E-state index is -0.533. The predicted octanol–water partition coefficient (Wildman–Crippen LogP) is 3.80. The second-order valence-electron chi connectivity index (χ2n) is 7.41. The highest BCUT2D eigenvalue weighted by Crippen LogP contribution is 2.48. The average Bonchev–Trinajstić information content (AvgIpc) is 3.20. The Morgan fingerprint density at radius 2 is 1.79 bits per heavy atom. The van der Waals surface area contributed by atoms with E-state index in [4.69, 9.17) is 25.8 Å². The normalized spacial score (nSPS) is 23.8. The molecule has 2 aliphatic rings. The Bertz CT molecular complexity index is 836. The van der Waals surface area contributed by atoms with Crippen LogP contribution in [0.5, 0.6) is 11.5 Å². The first-order valence-corrected chi connectivity index (χ1v) is 10.1. The fourth-order valence-corrected chi connectivity index (χ4v) is 4.17. The van der Waals surface area contributed by atoms with Crippen molar-refractivity contribution in [3.05, 3.63) is 57.6 Å². The molecule has 28 heavy (non-hydrogen) atoms. The lowest BCUT2D eigenvalue weighted by Crippen LogP contribution is -2.33. The van der Waals surface area contributed by atoms with Gasteiger partial charge < -0.3 is 24.4 Å². The zero-order chi connectivity index (χ0) is 19.7. The van der Waals surface area contributed by atoms with E-state index in [2.05, 4.69) is 31.2 Å². The maximum absolute atomic E-state index is 10.2. The van der Waals surface area contributed by atoms with Crippen LogP contribution in [0.1, 0.15) is 48.1 Å². The molecule has 5 nitrogen and oxygen atoms in total. The van der Waals surface area contributed by atoms with Crippen molar-refractivity contribution in [1.29, 1.82) is 0 Å². The maximum atomic E-state index is 10.2. The second kappa shape index (κ2) is 8.29. The van der Waals surface area contributed by atoms with Crippen LogP contribution >= 0.6 is 11.6 Å². The van der Waals surface area contributed by atoms with E-state index in [1.165, 1.54) is 5.56 Å². The fourth-order valence-electron chi connectivity index (χ4n) is 3.91. The zero-order valence-corrected chi connectivity index (χ0v) is 16.6. The Labute approximate surface area is 169 Å². The van der Waals surface area contributed by atoms with Gasteiger partial charge >= 0.3 is 0 Å². The molecule has 2 aliphatic heterocycles. The highest BCUT2D eigenvalue weighted by molar-refractivity contribution is 6.33. The number of benzene rings is 2. The third-order valence-electron chi connectivity index (χ3n) is 5.44. The largest absolute Gasteiger partial charge is 0.453 e. The van der Waals surface area contributed by atoms with Crippen molar-refractivity contribution in [1.82, 2.24) is 0 Å². The molecule has 3 unspecified atom stereocenters. The van der Waals surface area contributed by atoms with E-state index >= 15 is 0 Å². The van der Waals surface area contributed by atoms with Gasteiger partial charge in [-0.25, -0.2) is 0 Å². The van der Waals surface area contributed by atoms with Crippen molar-refractivity contribution in [3.63, 3.8) is 0 Å². The van der Waals surface area contributed by atoms with Crippen molar-refractivity contribution >= 4 is 11.6 Å². The van der Waals surface area contributed by atoms with E-state index < -0.39 is 12.2 Å². The van der Waals surface area contributed by atoms with Gasteiger partial charge in [0.05, 0.1) is 29.9 Å². The zero-order valence-electron chi connectivity index (χ0n) is 15.9. The van der Waals surface area contributed by atoms with Gasteiger partial charge in [0.15, 0.2) is 11.5 Å². The van der Waals surface area contributed by atoms with Crippen LogP contribution in [0.15, 0.2) is 30.3 Å². The Balaban J connectivity index is 1.69. The summed E-state index contributed by atoms with van der Waals surface area (Å²) in [5.74, 6) is 1.11. The van der Waals surface area contributed by atoms with Crippen LogP contribution in [-0.4, -0.2) is 35.8 Å². The molecule has 0 saturated carbocycles. The molecule has 2 N–H and O–H groups in total. The lowest BCUT2D eigenvalue weighted by Gasteiger charge is -2.33. The van der Waals surface area contributed by atoms with Gasteiger partial charge in [0, 0.05) is 18.4 Å². The average molecular weight is 405 g/mol. The molecule has 0 aromatic heterocycles. The van der Waals surface area contributed by atoms with Gasteiger partial charge in [0.2, 0.25) is 6.79 Å². The molecule has 4 rings (SSSR count). The van der Waals surface area contributed by atoms with Gasteiger partial charge in [-0.2, -0.15) is 0 Å². The third-order valence-corrected chi connectivity index (χ3v) is 5.85. The first kappa shape index (κ1) is 19.5. The Hall–Kier alpha value is -1.79. The second-order valence-corrected chi connectivity index (χ2v) is 7.78. The summed E-state index contributed by atoms with van der Waals surface area (Å²) in [6.07, 6.45) is 1.22. The van der Waals surface area contributed by atoms with E-state index in [0.29, 0.717) is 35.8 Å². The number of halogens is 1. The summed E-state index contributed by atoms with van der Waals surface area (Å²) in [6, 6.07) is 10.5. The monoisotopic (exact) mass is 404 g/mol. The molecule has 6 heteroatoms. The van der Waals surface area contributed by atoms with Crippen LogP contribution in [0.25, 0.3) is 0 Å². The number of aliphatic hydroxyl groups is 2. The van der Waals surface area contributed by atoms with Crippen molar-refractivity contribution in [2.45, 2.75) is 50.9 Å². The summed E-state index contributed by atoms with van der Waals surface area (Å²) < 4.78 is 17.3. The van der Waals surface area contributed by atoms with E-state index in [1.807, 2.05) is 6.07 Å². The van der Waals surface area contributed by atoms with Gasteiger partial charge in [-0.1, -0.05) is 42.8 Å². The molecule has 3 atom stereocenters. The summed E-state index contributed by atoms with van der Waals surface area (Å²) in [5, 5.41) is 20.2. The van der Waals surface area contributed by atoms with Gasteiger partial charge in [0.1, 0.15) is 0 Å². The molecule has 0 spiro atoms. The first-order chi connectivity index (χ1) is 13.6. The van der Waals surface area contributed by atoms with Crippen molar-refractivity contribution in [2.24, 2.45) is 0 Å². The van der Waals surface area contributed by atoms with Crippen molar-refractivity contribution < 1.29 is 24.4 Å². The molecule has 150 valence electrons. The molecule has 0 radical (unpaired) electrons. The van der Waals surface area contributed by atoms with E-state index in [9.17, 15) is 10.2 Å². The SMILES string of the molecule is CCc1ccc(Cc2cc(C3CC(O)CC(CO)O3)c3c(c2Cl)OCO3)cc1. The topological polar surface area (TPSA) is 68.2 Å². The van der Waals surface area contributed by atoms with Crippen LogP contribution in [0.2, 0.25) is 5.02 Å². The fraction of sp³-hybridized carbons (Fsp3) is 0.455. The molecule has 2 aromatic rings. The third kappa shape index (κ3) is 3.85. The minimum absolute atomic E-state index is 0.107. The maximum Gasteiger partial charge on any atom is 0.231 e. The number of hydrogen-bond donors (Lipinski definition) is 2. The van der Waals surface area contributed by atoms with E-state index in [1.54, 1.807) is 0 Å². The first-order valence-electron chi connectivity index (χ1n) is 9.72. The molecule has 0 bridgehead atoms. The standard InChI is InChI=1S/C22H25ClO5/c1-2-13-3-5-14(6-4-13)7-15-8-18(21-22(20(15)23)27-12-26-21)19-10-16(25)9-17(11-24)28-19/h3-6,8,16-17,19,24-25H,2,7,9-12H2,1H3. The molecule has 0 amide bonds. The van der Waals surface area contributed by atoms with Gasteiger partial charge in [-0.3, -0.25) is 0 Å². The van der Waals surface area contributed by atoms with Gasteiger partial charge in [-0.15, -0.1) is 0 Å². The Morgan fingerprint density at radius 3 is 2.50 bits per heavy atom. The van der Waals surface area contributed by atoms with Gasteiger partial charge in [0.25, 0.3) is 0 Å². The van der Waals surface area contributed by atoms with Crippen LogP contribution in [0.4, 0.5) is 0 Å². The lowest BCUT2D eigenvalue weighted by molar-refractivity contribution is -0.114. The minimum Gasteiger partial charge on any atom is -0.453 e. The van der Waals surface area contributed by atoms with Crippen molar-refractivity contribution in [2.75, 3.05) is 13.4 Å². The molecule has 1 saturated heterocycles.